The van der Waals surface area contributed by atoms with Gasteiger partial charge in [-0.1, -0.05) is 12.1 Å². The summed E-state index contributed by atoms with van der Waals surface area (Å²) in [6, 6.07) is 12.6. The highest BCUT2D eigenvalue weighted by Crippen LogP contribution is 2.26. The van der Waals surface area contributed by atoms with E-state index in [0.29, 0.717) is 29.5 Å². The first-order valence-corrected chi connectivity index (χ1v) is 8.77. The first-order chi connectivity index (χ1) is 14.0. The van der Waals surface area contributed by atoms with Gasteiger partial charge in [0, 0.05) is 5.69 Å². The minimum absolute atomic E-state index is 0.384. The van der Waals surface area contributed by atoms with E-state index in [1.165, 1.54) is 7.11 Å². The van der Waals surface area contributed by atoms with Gasteiger partial charge in [-0.2, -0.15) is 0 Å². The molecule has 0 bridgehead atoms. The summed E-state index contributed by atoms with van der Waals surface area (Å²) in [5.41, 5.74) is 0.467. The monoisotopic (exact) mass is 402 g/mol. The standard InChI is InChI=1S/C20H22N2O7/c1-3-27-16-6-4-5-7-17(16)28-13-19(24)29-12-18(23)22-20(25)21-14-8-10-15(26-2)11-9-14/h4-11H,3,12-13H2,1-2H3,(H2,21,22,23,25). The summed E-state index contributed by atoms with van der Waals surface area (Å²) in [6.07, 6.45) is 0. The van der Waals surface area contributed by atoms with Gasteiger partial charge in [0.25, 0.3) is 5.91 Å². The Kier molecular flexibility index (Phi) is 8.30. The number of para-hydroxylation sites is 2. The van der Waals surface area contributed by atoms with Crippen molar-refractivity contribution in [1.29, 1.82) is 0 Å². The van der Waals surface area contributed by atoms with Crippen molar-refractivity contribution in [3.63, 3.8) is 0 Å². The summed E-state index contributed by atoms with van der Waals surface area (Å²) >= 11 is 0. The van der Waals surface area contributed by atoms with E-state index in [1.807, 2.05) is 6.92 Å². The largest absolute Gasteiger partial charge is 0.497 e. The fourth-order valence-electron chi connectivity index (χ4n) is 2.17. The fourth-order valence-corrected chi connectivity index (χ4v) is 2.17. The lowest BCUT2D eigenvalue weighted by molar-refractivity contribution is -0.150. The highest BCUT2D eigenvalue weighted by molar-refractivity contribution is 6.01. The van der Waals surface area contributed by atoms with Crippen LogP contribution in [0.2, 0.25) is 0 Å². The average molecular weight is 402 g/mol. The van der Waals surface area contributed by atoms with E-state index in [0.717, 1.165) is 0 Å². The number of hydrogen-bond donors (Lipinski definition) is 2. The van der Waals surface area contributed by atoms with E-state index in [4.69, 9.17) is 18.9 Å². The molecule has 154 valence electrons. The number of imide groups is 1. The van der Waals surface area contributed by atoms with Crippen molar-refractivity contribution in [1.82, 2.24) is 5.32 Å². The highest BCUT2D eigenvalue weighted by atomic mass is 16.6. The van der Waals surface area contributed by atoms with E-state index in [2.05, 4.69) is 10.6 Å². The molecule has 0 saturated heterocycles. The molecule has 29 heavy (non-hydrogen) atoms. The van der Waals surface area contributed by atoms with Crippen molar-refractivity contribution in [3.8, 4) is 17.2 Å². The number of methoxy groups -OCH3 is 1. The molecule has 0 radical (unpaired) electrons. The first-order valence-electron chi connectivity index (χ1n) is 8.77. The van der Waals surface area contributed by atoms with Gasteiger partial charge in [0.2, 0.25) is 0 Å². The zero-order valence-corrected chi connectivity index (χ0v) is 16.1. The Morgan fingerprint density at radius 3 is 2.17 bits per heavy atom. The number of carbonyl (C=O) groups is 3. The van der Waals surface area contributed by atoms with Crippen LogP contribution in [0.4, 0.5) is 10.5 Å². The van der Waals surface area contributed by atoms with Crippen molar-refractivity contribution in [2.45, 2.75) is 6.92 Å². The van der Waals surface area contributed by atoms with Crippen LogP contribution in [0.25, 0.3) is 0 Å². The lowest BCUT2D eigenvalue weighted by Gasteiger charge is -2.11. The molecule has 0 unspecified atom stereocenters. The minimum atomic E-state index is -0.779. The van der Waals surface area contributed by atoms with E-state index in [-0.39, 0.29) is 0 Å². The topological polar surface area (TPSA) is 112 Å². The summed E-state index contributed by atoms with van der Waals surface area (Å²) in [6.45, 7) is 1.25. The van der Waals surface area contributed by atoms with E-state index < -0.39 is 31.1 Å². The minimum Gasteiger partial charge on any atom is -0.497 e. The molecule has 0 aliphatic heterocycles. The van der Waals surface area contributed by atoms with Crippen molar-refractivity contribution in [2.24, 2.45) is 0 Å². The van der Waals surface area contributed by atoms with Gasteiger partial charge in [-0.15, -0.1) is 0 Å². The molecule has 0 aliphatic rings. The third-order valence-corrected chi connectivity index (χ3v) is 3.46. The van der Waals surface area contributed by atoms with Crippen molar-refractivity contribution >= 4 is 23.6 Å². The number of amides is 3. The molecule has 2 aromatic rings. The maximum Gasteiger partial charge on any atom is 0.344 e. The summed E-state index contributed by atoms with van der Waals surface area (Å²) in [5.74, 6) is -0.0310. The molecule has 9 heteroatoms. The SMILES string of the molecule is CCOc1ccccc1OCC(=O)OCC(=O)NC(=O)Nc1ccc(OC)cc1. The van der Waals surface area contributed by atoms with Crippen LogP contribution in [0.3, 0.4) is 0 Å². The first kappa shape index (κ1) is 21.5. The number of anilines is 1. The van der Waals surface area contributed by atoms with Gasteiger partial charge in [0.15, 0.2) is 24.7 Å². The molecule has 2 N–H and O–H groups in total. The Hall–Kier alpha value is -3.75. The lowest BCUT2D eigenvalue weighted by Crippen LogP contribution is -2.37. The van der Waals surface area contributed by atoms with Gasteiger partial charge in [0.05, 0.1) is 13.7 Å². The second kappa shape index (κ2) is 11.2. The van der Waals surface area contributed by atoms with Crippen LogP contribution < -0.4 is 24.8 Å². The van der Waals surface area contributed by atoms with Crippen LogP contribution in [0.5, 0.6) is 17.2 Å². The Labute approximate surface area is 167 Å². The predicted octanol–water partition coefficient (Wildman–Crippen LogP) is 2.36. The van der Waals surface area contributed by atoms with Crippen molar-refractivity contribution in [3.05, 3.63) is 48.5 Å². The molecular formula is C20H22N2O7. The maximum atomic E-state index is 11.8. The Bertz CT molecular complexity index is 837. The van der Waals surface area contributed by atoms with Crippen LogP contribution in [0, 0.1) is 0 Å². The van der Waals surface area contributed by atoms with Gasteiger partial charge in [0.1, 0.15) is 5.75 Å². The molecule has 0 saturated carbocycles. The highest BCUT2D eigenvalue weighted by Gasteiger charge is 2.13. The second-order valence-corrected chi connectivity index (χ2v) is 5.56. The van der Waals surface area contributed by atoms with Crippen LogP contribution in [0.15, 0.2) is 48.5 Å². The zero-order valence-electron chi connectivity index (χ0n) is 16.1. The number of benzene rings is 2. The smallest absolute Gasteiger partial charge is 0.344 e. The van der Waals surface area contributed by atoms with E-state index in [1.54, 1.807) is 48.5 Å². The van der Waals surface area contributed by atoms with Crippen molar-refractivity contribution < 1.29 is 33.3 Å². The van der Waals surface area contributed by atoms with E-state index in [9.17, 15) is 14.4 Å². The molecule has 0 aromatic heterocycles. The lowest BCUT2D eigenvalue weighted by atomic mass is 10.3. The Morgan fingerprint density at radius 1 is 0.897 bits per heavy atom. The normalized spacial score (nSPS) is 9.86. The van der Waals surface area contributed by atoms with Gasteiger partial charge >= 0.3 is 12.0 Å². The number of ether oxygens (including phenoxy) is 4. The second-order valence-electron chi connectivity index (χ2n) is 5.56. The van der Waals surface area contributed by atoms with Gasteiger partial charge in [-0.05, 0) is 43.3 Å². The number of urea groups is 1. The number of hydrogen-bond acceptors (Lipinski definition) is 7. The number of esters is 1. The van der Waals surface area contributed by atoms with Gasteiger partial charge in [-0.3, -0.25) is 10.1 Å². The molecule has 0 heterocycles. The summed E-state index contributed by atoms with van der Waals surface area (Å²) < 4.78 is 20.5. The van der Waals surface area contributed by atoms with Gasteiger partial charge in [-0.25, -0.2) is 9.59 Å². The summed E-state index contributed by atoms with van der Waals surface area (Å²) in [7, 11) is 1.53. The van der Waals surface area contributed by atoms with Crippen molar-refractivity contribution in [2.75, 3.05) is 32.2 Å². The molecule has 2 aromatic carbocycles. The quantitative estimate of drug-likeness (QED) is 0.619. The Morgan fingerprint density at radius 2 is 1.55 bits per heavy atom. The molecule has 0 spiro atoms. The summed E-state index contributed by atoms with van der Waals surface area (Å²) in [5, 5.41) is 4.52. The van der Waals surface area contributed by atoms with Crippen LogP contribution in [-0.4, -0.2) is 44.8 Å². The van der Waals surface area contributed by atoms with Gasteiger partial charge < -0.3 is 24.3 Å². The summed E-state index contributed by atoms with van der Waals surface area (Å²) in [4.78, 5) is 35.3. The molecule has 0 aliphatic carbocycles. The molecule has 0 atom stereocenters. The molecule has 9 nitrogen and oxygen atoms in total. The molecule has 0 fully saturated rings. The number of carbonyl (C=O) groups excluding carboxylic acids is 3. The van der Waals surface area contributed by atoms with E-state index >= 15 is 0 Å². The third-order valence-electron chi connectivity index (χ3n) is 3.46. The number of rotatable bonds is 9. The van der Waals surface area contributed by atoms with Crippen LogP contribution in [-0.2, 0) is 14.3 Å². The predicted molar refractivity (Wildman–Crippen MR) is 104 cm³/mol. The number of nitrogens with one attached hydrogen (secondary N) is 2. The molecule has 2 rings (SSSR count). The average Bonchev–Trinajstić information content (AvgIpc) is 2.72. The zero-order chi connectivity index (χ0) is 21.1. The Balaban J connectivity index is 1.71. The maximum absolute atomic E-state index is 11.8. The van der Waals surface area contributed by atoms with Crippen LogP contribution >= 0.6 is 0 Å². The molecule has 3 amide bonds. The third kappa shape index (κ3) is 7.41. The molecular weight excluding hydrogens is 380 g/mol. The fraction of sp³-hybridized carbons (Fsp3) is 0.250. The van der Waals surface area contributed by atoms with Crippen LogP contribution in [0.1, 0.15) is 6.92 Å².